The Labute approximate surface area is 340 Å². The van der Waals surface area contributed by atoms with Crippen LogP contribution in [0, 0.1) is 0 Å². The minimum Gasteiger partial charge on any atom is -0.456 e. The van der Waals surface area contributed by atoms with Gasteiger partial charge in [-0.25, -0.2) is 4.99 Å². The van der Waals surface area contributed by atoms with Gasteiger partial charge in [0.25, 0.3) is 0 Å². The third-order valence-electron chi connectivity index (χ3n) is 11.8. The lowest BCUT2D eigenvalue weighted by Crippen LogP contribution is -2.36. The molecule has 0 amide bonds. The minimum absolute atomic E-state index is 0.274. The predicted molar refractivity (Wildman–Crippen MR) is 245 cm³/mol. The molecular weight excluding hydrogens is 721 g/mol. The molecule has 59 heavy (non-hydrogen) atoms. The molecule has 0 saturated heterocycles. The van der Waals surface area contributed by atoms with Gasteiger partial charge in [0.2, 0.25) is 5.96 Å². The van der Waals surface area contributed by atoms with Gasteiger partial charge in [0.1, 0.15) is 11.2 Å². The molecule has 0 saturated carbocycles. The van der Waals surface area contributed by atoms with Crippen LogP contribution < -0.4 is 10.2 Å². The number of nitrogens with one attached hydrogen (secondary N) is 1. The summed E-state index contributed by atoms with van der Waals surface area (Å²) in [5, 5.41) is 10.9. The molecule has 0 spiro atoms. The van der Waals surface area contributed by atoms with Gasteiger partial charge in [0.15, 0.2) is 0 Å². The summed E-state index contributed by atoms with van der Waals surface area (Å²) in [5.41, 5.74) is 12.5. The predicted octanol–water partition coefficient (Wildman–Crippen LogP) is 14.2. The molecule has 0 fully saturated rings. The molecule has 5 heteroatoms. The van der Waals surface area contributed by atoms with Crippen molar-refractivity contribution in [2.75, 3.05) is 4.90 Å². The average molecular weight is 757 g/mol. The number of para-hydroxylation sites is 4. The molecule has 1 aliphatic rings. The fourth-order valence-electron chi connectivity index (χ4n) is 9.08. The molecule has 2 aromatic heterocycles. The zero-order valence-electron chi connectivity index (χ0n) is 32.0. The molecule has 278 valence electrons. The fraction of sp³-hybridized carbons (Fsp3) is 0.0185. The van der Waals surface area contributed by atoms with Gasteiger partial charge in [-0.3, -0.25) is 4.57 Å². The summed E-state index contributed by atoms with van der Waals surface area (Å²) < 4.78 is 9.25. The number of fused-ring (bicyclic) bond motifs is 8. The van der Waals surface area contributed by atoms with Crippen LogP contribution in [0.2, 0.25) is 0 Å². The van der Waals surface area contributed by atoms with Crippen LogP contribution in [-0.2, 0) is 0 Å². The van der Waals surface area contributed by atoms with Crippen LogP contribution in [0.4, 0.5) is 22.7 Å². The number of aromatic nitrogens is 1. The molecular formula is C54H36N4O. The van der Waals surface area contributed by atoms with Crippen molar-refractivity contribution in [3.63, 3.8) is 0 Å². The van der Waals surface area contributed by atoms with Crippen molar-refractivity contribution in [2.24, 2.45) is 4.99 Å². The summed E-state index contributed by atoms with van der Waals surface area (Å²) >= 11 is 0. The molecule has 0 aliphatic carbocycles. The normalized spacial score (nSPS) is 13.8. The molecule has 0 bridgehead atoms. The van der Waals surface area contributed by atoms with Crippen molar-refractivity contribution >= 4 is 83.2 Å². The van der Waals surface area contributed by atoms with Crippen LogP contribution >= 0.6 is 0 Å². The second-order valence-corrected chi connectivity index (χ2v) is 15.2. The molecule has 5 nitrogen and oxygen atoms in total. The first kappa shape index (κ1) is 33.3. The third-order valence-corrected chi connectivity index (χ3v) is 11.8. The summed E-state index contributed by atoms with van der Waals surface area (Å²) in [4.78, 5) is 7.73. The zero-order chi connectivity index (χ0) is 38.9. The third kappa shape index (κ3) is 5.43. The van der Waals surface area contributed by atoms with Gasteiger partial charge in [0, 0.05) is 49.7 Å². The quantitative estimate of drug-likeness (QED) is 0.190. The molecule has 0 radical (unpaired) electrons. The van der Waals surface area contributed by atoms with E-state index < -0.39 is 0 Å². The second-order valence-electron chi connectivity index (χ2n) is 15.2. The summed E-state index contributed by atoms with van der Waals surface area (Å²) in [6.45, 7) is 0. The molecule has 1 unspecified atom stereocenters. The second kappa shape index (κ2) is 13.4. The summed E-state index contributed by atoms with van der Waals surface area (Å²) in [6.07, 6.45) is 0. The van der Waals surface area contributed by atoms with Gasteiger partial charge >= 0.3 is 0 Å². The van der Waals surface area contributed by atoms with E-state index in [1.54, 1.807) is 0 Å². The standard InChI is InChI=1S/C54H36N4O/c1-4-16-35(17-5-1)38-31-46-45-30-36-18-10-11-19-37(36)33-51(45)59-53(46)47(32-38)52-44-25-12-14-26-48(44)55-54(56-52)58-49-27-15-13-24-42(49)43-29-28-41(34-50(43)58)57(39-20-6-2-7-21-39)40-22-8-3-9-23-40/h1-34,52H,(H,55,56). The number of benzene rings is 9. The van der Waals surface area contributed by atoms with Gasteiger partial charge < -0.3 is 14.6 Å². The molecule has 1 atom stereocenters. The highest BCUT2D eigenvalue weighted by atomic mass is 16.3. The topological polar surface area (TPSA) is 45.7 Å². The summed E-state index contributed by atoms with van der Waals surface area (Å²) in [5.74, 6) is 0.753. The highest BCUT2D eigenvalue weighted by molar-refractivity contribution is 6.16. The number of anilines is 3. The lowest BCUT2D eigenvalue weighted by Gasteiger charge is -2.29. The molecule has 12 rings (SSSR count). The smallest absolute Gasteiger partial charge is 0.209 e. The van der Waals surface area contributed by atoms with E-state index in [9.17, 15) is 0 Å². The SMILES string of the molecule is c1ccc(-c2cc(C3NC(n4c5ccccc5c5ccc(N(c6ccccc6)c6ccccc6)cc54)=Nc4ccccc43)c3oc4cc5ccccc5cc4c3c2)cc1. The Balaban J connectivity index is 1.09. The Kier molecular flexibility index (Phi) is 7.53. The van der Waals surface area contributed by atoms with Crippen LogP contribution in [-0.4, -0.2) is 10.5 Å². The van der Waals surface area contributed by atoms with Crippen LogP contribution in [0.5, 0.6) is 0 Å². The maximum absolute atomic E-state index is 6.95. The Bertz CT molecular complexity index is 3380. The summed E-state index contributed by atoms with van der Waals surface area (Å²) in [6, 6.07) is 72.9. The molecule has 9 aromatic carbocycles. The number of hydrogen-bond acceptors (Lipinski definition) is 4. The lowest BCUT2D eigenvalue weighted by atomic mass is 9.91. The Hall–Kier alpha value is -7.89. The van der Waals surface area contributed by atoms with Crippen molar-refractivity contribution in [3.8, 4) is 11.1 Å². The van der Waals surface area contributed by atoms with Crippen molar-refractivity contribution in [3.05, 3.63) is 217 Å². The van der Waals surface area contributed by atoms with Crippen molar-refractivity contribution < 1.29 is 4.42 Å². The van der Waals surface area contributed by atoms with E-state index in [1.807, 2.05) is 0 Å². The van der Waals surface area contributed by atoms with Crippen LogP contribution in [0.15, 0.2) is 216 Å². The van der Waals surface area contributed by atoms with Gasteiger partial charge in [-0.15, -0.1) is 0 Å². The van der Waals surface area contributed by atoms with E-state index in [1.165, 1.54) is 5.39 Å². The molecule has 11 aromatic rings. The first-order chi connectivity index (χ1) is 29.2. The Morgan fingerprint density at radius 2 is 1.10 bits per heavy atom. The largest absolute Gasteiger partial charge is 0.456 e. The van der Waals surface area contributed by atoms with Crippen LogP contribution in [0.1, 0.15) is 17.2 Å². The highest BCUT2D eigenvalue weighted by Crippen LogP contribution is 2.44. The highest BCUT2D eigenvalue weighted by Gasteiger charge is 2.30. The van der Waals surface area contributed by atoms with Gasteiger partial charge in [-0.1, -0.05) is 133 Å². The van der Waals surface area contributed by atoms with E-state index in [-0.39, 0.29) is 6.04 Å². The number of nitrogens with zero attached hydrogens (tertiary/aromatic N) is 3. The molecule has 3 heterocycles. The van der Waals surface area contributed by atoms with Crippen LogP contribution in [0.3, 0.4) is 0 Å². The number of rotatable bonds is 5. The first-order valence-electron chi connectivity index (χ1n) is 20.1. The number of aliphatic imine (C=N–C) groups is 1. The monoisotopic (exact) mass is 756 g/mol. The van der Waals surface area contributed by atoms with E-state index in [0.29, 0.717) is 0 Å². The summed E-state index contributed by atoms with van der Waals surface area (Å²) in [7, 11) is 0. The van der Waals surface area contributed by atoms with Gasteiger partial charge in [-0.2, -0.15) is 0 Å². The minimum atomic E-state index is -0.274. The van der Waals surface area contributed by atoms with E-state index >= 15 is 0 Å². The fourth-order valence-corrected chi connectivity index (χ4v) is 9.08. The van der Waals surface area contributed by atoms with E-state index in [2.05, 4.69) is 221 Å². The Morgan fingerprint density at radius 3 is 1.88 bits per heavy atom. The van der Waals surface area contributed by atoms with Crippen molar-refractivity contribution in [1.29, 1.82) is 0 Å². The maximum Gasteiger partial charge on any atom is 0.209 e. The van der Waals surface area contributed by atoms with Crippen molar-refractivity contribution in [2.45, 2.75) is 6.04 Å². The van der Waals surface area contributed by atoms with Crippen LogP contribution in [0.25, 0.3) is 65.6 Å². The maximum atomic E-state index is 6.95. The van der Waals surface area contributed by atoms with E-state index in [0.717, 1.165) is 100 Å². The lowest BCUT2D eigenvalue weighted by molar-refractivity contribution is 0.647. The van der Waals surface area contributed by atoms with Gasteiger partial charge in [0.05, 0.1) is 22.8 Å². The molecule has 1 aliphatic heterocycles. The average Bonchev–Trinajstić information content (AvgIpc) is 3.83. The number of hydrogen-bond donors (Lipinski definition) is 1. The van der Waals surface area contributed by atoms with Gasteiger partial charge in [-0.05, 0) is 94.7 Å². The zero-order valence-corrected chi connectivity index (χ0v) is 32.0. The first-order valence-corrected chi connectivity index (χ1v) is 20.1. The number of furan rings is 1. The molecule has 1 N–H and O–H groups in total. The van der Waals surface area contributed by atoms with E-state index in [4.69, 9.17) is 9.41 Å². The van der Waals surface area contributed by atoms with Crippen molar-refractivity contribution in [1.82, 2.24) is 9.88 Å². The Morgan fingerprint density at radius 1 is 0.458 bits per heavy atom.